The first-order valence-electron chi connectivity index (χ1n) is 15.0. The molecular formula is C39H32N2O3. The third kappa shape index (κ3) is 4.31. The molecule has 5 aromatic carbocycles. The number of benzene rings is 5. The molecule has 0 atom stereocenters. The second-order valence-electron chi connectivity index (χ2n) is 12.5. The second kappa shape index (κ2) is 9.84. The summed E-state index contributed by atoms with van der Waals surface area (Å²) < 4.78 is 19.1. The van der Waals surface area contributed by atoms with Crippen LogP contribution in [0.15, 0.2) is 120 Å². The Labute approximate surface area is 256 Å². The number of fused-ring (bicyclic) bond motifs is 4. The van der Waals surface area contributed by atoms with E-state index in [1.54, 1.807) is 0 Å². The number of ether oxygens (including phenoxy) is 2. The van der Waals surface area contributed by atoms with E-state index in [1.807, 2.05) is 72.8 Å². The maximum Gasteiger partial charge on any atom is 0.185 e. The molecule has 8 rings (SSSR count). The quantitative estimate of drug-likeness (QED) is 0.209. The van der Waals surface area contributed by atoms with Crippen LogP contribution in [-0.4, -0.2) is 21.2 Å². The van der Waals surface area contributed by atoms with Gasteiger partial charge in [0.15, 0.2) is 12.1 Å². The monoisotopic (exact) mass is 576 g/mol. The summed E-state index contributed by atoms with van der Waals surface area (Å²) >= 11 is 0. The Bertz CT molecular complexity index is 2170. The number of aromatic nitrogens is 2. The van der Waals surface area contributed by atoms with Crippen molar-refractivity contribution >= 4 is 32.8 Å². The Kier molecular flexibility index (Phi) is 5.99. The topological polar surface area (TPSA) is 57.4 Å². The van der Waals surface area contributed by atoms with Crippen LogP contribution in [0.4, 0.5) is 0 Å². The number of rotatable bonds is 4. The van der Waals surface area contributed by atoms with Gasteiger partial charge < -0.3 is 13.9 Å². The van der Waals surface area contributed by atoms with Gasteiger partial charge in [-0.15, -0.1) is 0 Å². The minimum Gasteiger partial charge on any atom is -0.456 e. The lowest BCUT2D eigenvalue weighted by Crippen LogP contribution is -2.41. The zero-order valence-electron chi connectivity index (χ0n) is 25.2. The molecule has 5 nitrogen and oxygen atoms in total. The van der Waals surface area contributed by atoms with E-state index >= 15 is 0 Å². The molecule has 0 spiro atoms. The molecule has 1 saturated heterocycles. The fraction of sp³-hybridized carbons (Fsp3) is 0.179. The SMILES string of the molecule is CC1(C)OC(c2ccc3oc4cccc(-c5ccc6nc(-c7ccccc7)nc(-c7ccccc7)c6c5)c4c3c2)OC1(C)C. The number of furan rings is 1. The first kappa shape index (κ1) is 26.8. The number of hydrogen-bond acceptors (Lipinski definition) is 5. The third-order valence-corrected chi connectivity index (χ3v) is 9.13. The molecule has 0 bridgehead atoms. The average Bonchev–Trinajstić information content (AvgIpc) is 3.53. The summed E-state index contributed by atoms with van der Waals surface area (Å²) in [6.07, 6.45) is -0.452. The van der Waals surface area contributed by atoms with Crippen LogP contribution in [-0.2, 0) is 9.47 Å². The summed E-state index contributed by atoms with van der Waals surface area (Å²) in [5, 5.41) is 3.08. The van der Waals surface area contributed by atoms with E-state index in [9.17, 15) is 0 Å². The molecule has 1 aliphatic rings. The summed E-state index contributed by atoms with van der Waals surface area (Å²) in [6.45, 7) is 8.30. The highest BCUT2D eigenvalue weighted by atomic mass is 16.7. The lowest BCUT2D eigenvalue weighted by atomic mass is 9.90. The molecule has 44 heavy (non-hydrogen) atoms. The van der Waals surface area contributed by atoms with E-state index in [0.717, 1.165) is 66.4 Å². The van der Waals surface area contributed by atoms with Gasteiger partial charge in [0.05, 0.1) is 22.4 Å². The van der Waals surface area contributed by atoms with Crippen molar-refractivity contribution in [1.82, 2.24) is 9.97 Å². The summed E-state index contributed by atoms with van der Waals surface area (Å²) in [5.41, 5.74) is 7.80. The molecule has 0 N–H and O–H groups in total. The zero-order chi connectivity index (χ0) is 30.1. The first-order valence-corrected chi connectivity index (χ1v) is 15.0. The van der Waals surface area contributed by atoms with Gasteiger partial charge in [0.1, 0.15) is 11.2 Å². The summed E-state index contributed by atoms with van der Waals surface area (Å²) in [7, 11) is 0. The highest BCUT2D eigenvalue weighted by Crippen LogP contribution is 2.46. The van der Waals surface area contributed by atoms with Crippen LogP contribution < -0.4 is 0 Å². The normalized spacial score (nSPS) is 16.3. The maximum absolute atomic E-state index is 6.38. The minimum atomic E-state index is -0.452. The molecule has 5 heteroatoms. The lowest BCUT2D eigenvalue weighted by Gasteiger charge is -2.30. The van der Waals surface area contributed by atoms with Crippen molar-refractivity contribution in [1.29, 1.82) is 0 Å². The van der Waals surface area contributed by atoms with Crippen molar-refractivity contribution in [2.75, 3.05) is 0 Å². The van der Waals surface area contributed by atoms with E-state index in [0.29, 0.717) is 5.82 Å². The van der Waals surface area contributed by atoms with Gasteiger partial charge in [0.2, 0.25) is 0 Å². The molecule has 2 aromatic heterocycles. The standard InChI is InChI=1S/C39H32N2O3/c1-38(2)39(3,4)44-37(43-38)27-19-21-32-30(23-27)34-28(16-11-17-33(34)42-32)26-18-20-31-29(22-26)35(24-12-7-5-8-13-24)41-36(40-31)25-14-9-6-10-15-25/h5-23,37H,1-4H3. The van der Waals surface area contributed by atoms with E-state index < -0.39 is 17.5 Å². The van der Waals surface area contributed by atoms with Gasteiger partial charge in [-0.2, -0.15) is 0 Å². The summed E-state index contributed by atoms with van der Waals surface area (Å²) in [5.74, 6) is 0.711. The Morgan fingerprint density at radius 2 is 1.27 bits per heavy atom. The highest BCUT2D eigenvalue weighted by Gasteiger charge is 2.49. The maximum atomic E-state index is 6.38. The Balaban J connectivity index is 1.31. The van der Waals surface area contributed by atoms with Crippen molar-refractivity contribution in [3.05, 3.63) is 121 Å². The fourth-order valence-electron chi connectivity index (χ4n) is 6.04. The number of nitrogens with zero attached hydrogens (tertiary/aromatic N) is 2. The van der Waals surface area contributed by atoms with E-state index in [-0.39, 0.29) is 0 Å². The molecule has 3 heterocycles. The van der Waals surface area contributed by atoms with Crippen LogP contribution in [0.25, 0.3) is 66.6 Å². The molecule has 1 fully saturated rings. The van der Waals surface area contributed by atoms with Gasteiger partial charge in [-0.1, -0.05) is 84.9 Å². The molecule has 0 amide bonds. The minimum absolute atomic E-state index is 0.416. The largest absolute Gasteiger partial charge is 0.456 e. The third-order valence-electron chi connectivity index (χ3n) is 9.13. The van der Waals surface area contributed by atoms with Crippen LogP contribution in [0.3, 0.4) is 0 Å². The van der Waals surface area contributed by atoms with Gasteiger partial charge >= 0.3 is 0 Å². The molecule has 0 saturated carbocycles. The fourth-order valence-corrected chi connectivity index (χ4v) is 6.04. The first-order chi connectivity index (χ1) is 21.3. The van der Waals surface area contributed by atoms with E-state index in [1.165, 1.54) is 0 Å². The van der Waals surface area contributed by atoms with Gasteiger partial charge in [-0.05, 0) is 69.2 Å². The van der Waals surface area contributed by atoms with Crippen LogP contribution >= 0.6 is 0 Å². The van der Waals surface area contributed by atoms with Crippen molar-refractivity contribution in [2.24, 2.45) is 0 Å². The van der Waals surface area contributed by atoms with Crippen LogP contribution in [0, 0.1) is 0 Å². The van der Waals surface area contributed by atoms with Crippen LogP contribution in [0.5, 0.6) is 0 Å². The molecule has 0 aliphatic carbocycles. The average molecular weight is 577 g/mol. The molecular weight excluding hydrogens is 544 g/mol. The Morgan fingerprint density at radius 3 is 2.00 bits per heavy atom. The summed E-state index contributed by atoms with van der Waals surface area (Å²) in [6, 6.07) is 39.3. The van der Waals surface area contributed by atoms with E-state index in [2.05, 4.69) is 70.2 Å². The van der Waals surface area contributed by atoms with Crippen molar-refractivity contribution in [2.45, 2.75) is 45.2 Å². The van der Waals surface area contributed by atoms with Gasteiger partial charge in [0, 0.05) is 32.8 Å². The zero-order valence-corrected chi connectivity index (χ0v) is 25.2. The van der Waals surface area contributed by atoms with Gasteiger partial charge in [0.25, 0.3) is 0 Å². The van der Waals surface area contributed by atoms with Crippen LogP contribution in [0.1, 0.15) is 39.5 Å². The smallest absolute Gasteiger partial charge is 0.185 e. The molecule has 7 aromatic rings. The highest BCUT2D eigenvalue weighted by molar-refractivity contribution is 6.13. The van der Waals surface area contributed by atoms with Crippen molar-refractivity contribution in [3.8, 4) is 33.8 Å². The molecule has 0 radical (unpaired) electrons. The second-order valence-corrected chi connectivity index (χ2v) is 12.5. The Morgan fingerprint density at radius 1 is 0.568 bits per heavy atom. The number of hydrogen-bond donors (Lipinski definition) is 0. The molecule has 216 valence electrons. The van der Waals surface area contributed by atoms with Crippen molar-refractivity contribution < 1.29 is 13.9 Å². The van der Waals surface area contributed by atoms with E-state index in [4.69, 9.17) is 23.9 Å². The summed E-state index contributed by atoms with van der Waals surface area (Å²) in [4.78, 5) is 10.1. The predicted octanol–water partition coefficient (Wildman–Crippen LogP) is 10.1. The van der Waals surface area contributed by atoms with Crippen molar-refractivity contribution in [3.63, 3.8) is 0 Å². The molecule has 0 unspecified atom stereocenters. The van der Waals surface area contributed by atoms with Crippen LogP contribution in [0.2, 0.25) is 0 Å². The lowest BCUT2D eigenvalue weighted by molar-refractivity contribution is -0.0894. The van der Waals surface area contributed by atoms with Gasteiger partial charge in [-0.25, -0.2) is 9.97 Å². The Hall–Kier alpha value is -4.84. The van der Waals surface area contributed by atoms with Gasteiger partial charge in [-0.3, -0.25) is 0 Å². The molecule has 1 aliphatic heterocycles. The predicted molar refractivity (Wildman–Crippen MR) is 176 cm³/mol.